The number of anilines is 1. The van der Waals surface area contributed by atoms with E-state index >= 15 is 0 Å². The minimum absolute atomic E-state index is 0.476. The molecule has 1 aromatic carbocycles. The summed E-state index contributed by atoms with van der Waals surface area (Å²) in [5.74, 6) is 1.18. The second-order valence-corrected chi connectivity index (χ2v) is 6.11. The Kier molecular flexibility index (Phi) is 3.07. The van der Waals surface area contributed by atoms with E-state index in [1.807, 2.05) is 0 Å². The first kappa shape index (κ1) is 12.7. The van der Waals surface area contributed by atoms with Crippen LogP contribution < -0.4 is 4.90 Å². The van der Waals surface area contributed by atoms with Crippen LogP contribution in [0.2, 0.25) is 0 Å². The summed E-state index contributed by atoms with van der Waals surface area (Å²) in [7, 11) is 0. The number of hydrogen-bond donors (Lipinski definition) is 0. The molecule has 2 aliphatic carbocycles. The highest BCUT2D eigenvalue weighted by molar-refractivity contribution is 5.57. The highest BCUT2D eigenvalue weighted by Gasteiger charge is 2.45. The molecule has 106 valence electrons. The first-order valence-corrected chi connectivity index (χ1v) is 7.96. The second kappa shape index (κ2) is 5.07. The van der Waals surface area contributed by atoms with Gasteiger partial charge >= 0.3 is 0 Å². The van der Waals surface area contributed by atoms with E-state index < -0.39 is 0 Å². The van der Waals surface area contributed by atoms with E-state index in [-0.39, 0.29) is 0 Å². The van der Waals surface area contributed by atoms with Crippen LogP contribution in [-0.4, -0.2) is 12.1 Å². The number of hydrogen-bond acceptors (Lipinski definition) is 1. The molecule has 0 aromatic heterocycles. The summed E-state index contributed by atoms with van der Waals surface area (Å²) in [5.41, 5.74) is 2.77. The third-order valence-corrected chi connectivity index (χ3v) is 5.00. The number of benzene rings is 1. The van der Waals surface area contributed by atoms with Gasteiger partial charge in [-0.1, -0.05) is 67.7 Å². The zero-order valence-corrected chi connectivity index (χ0v) is 12.4. The fourth-order valence-corrected chi connectivity index (χ4v) is 3.97. The molecule has 0 radical (unpaired) electrons. The van der Waals surface area contributed by atoms with E-state index in [0.717, 1.165) is 6.42 Å². The summed E-state index contributed by atoms with van der Waals surface area (Å²) in [6.07, 6.45) is 19.4. The van der Waals surface area contributed by atoms with E-state index in [9.17, 15) is 0 Å². The lowest BCUT2D eigenvalue weighted by Crippen LogP contribution is -2.36. The van der Waals surface area contributed by atoms with Crippen molar-refractivity contribution in [2.24, 2.45) is 11.8 Å². The quantitative estimate of drug-likeness (QED) is 0.778. The van der Waals surface area contributed by atoms with E-state index in [0.29, 0.717) is 23.9 Å². The van der Waals surface area contributed by atoms with Gasteiger partial charge in [0.1, 0.15) is 0 Å². The van der Waals surface area contributed by atoms with Gasteiger partial charge < -0.3 is 4.90 Å². The predicted octanol–water partition coefficient (Wildman–Crippen LogP) is 4.29. The molecule has 0 N–H and O–H groups in total. The first-order valence-electron chi connectivity index (χ1n) is 7.96. The molecule has 1 aliphatic heterocycles. The number of rotatable bonds is 2. The molecule has 1 heterocycles. The van der Waals surface area contributed by atoms with Crippen LogP contribution in [0.5, 0.6) is 0 Å². The maximum absolute atomic E-state index is 2.61. The summed E-state index contributed by atoms with van der Waals surface area (Å²) in [4.78, 5) is 2.61. The number of fused-ring (bicyclic) bond motifs is 3. The van der Waals surface area contributed by atoms with Gasteiger partial charge in [0, 0.05) is 17.5 Å². The molecule has 4 atom stereocenters. The smallest absolute Gasteiger partial charge is 0.0551 e. The van der Waals surface area contributed by atoms with Crippen molar-refractivity contribution in [3.63, 3.8) is 0 Å². The van der Waals surface area contributed by atoms with Gasteiger partial charge in [0.05, 0.1) is 12.1 Å². The Morgan fingerprint density at radius 3 is 2.10 bits per heavy atom. The molecular formula is C20H21N. The molecule has 1 heteroatoms. The van der Waals surface area contributed by atoms with Crippen molar-refractivity contribution in [2.45, 2.75) is 25.4 Å². The first-order chi connectivity index (χ1) is 10.4. The van der Waals surface area contributed by atoms with Gasteiger partial charge in [0.15, 0.2) is 0 Å². The highest BCUT2D eigenvalue weighted by Crippen LogP contribution is 2.44. The molecule has 3 aliphatic rings. The molecule has 1 nitrogen and oxygen atoms in total. The predicted molar refractivity (Wildman–Crippen MR) is 89.4 cm³/mol. The van der Waals surface area contributed by atoms with Crippen molar-refractivity contribution in [2.75, 3.05) is 4.90 Å². The maximum atomic E-state index is 2.61. The van der Waals surface area contributed by atoms with Crippen LogP contribution in [0.15, 0.2) is 72.9 Å². The summed E-state index contributed by atoms with van der Waals surface area (Å²) in [6.45, 7) is 2.22. The lowest BCUT2D eigenvalue weighted by molar-refractivity contribution is 0.527. The molecule has 1 fully saturated rings. The monoisotopic (exact) mass is 275 g/mol. The van der Waals surface area contributed by atoms with Crippen molar-refractivity contribution < 1.29 is 0 Å². The van der Waals surface area contributed by atoms with Crippen molar-refractivity contribution in [1.29, 1.82) is 0 Å². The average molecular weight is 275 g/mol. The number of allylic oxidation sites excluding steroid dienone is 4. The largest absolute Gasteiger partial charge is 0.357 e. The Labute approximate surface area is 127 Å². The molecule has 0 bridgehead atoms. The minimum Gasteiger partial charge on any atom is -0.357 e. The van der Waals surface area contributed by atoms with Crippen molar-refractivity contribution in [1.82, 2.24) is 0 Å². The fraction of sp³-hybridized carbons (Fsp3) is 0.300. The standard InChI is InChI=1S/C20H21N/c1-2-15-8-7-9-16(14-15)21-19-12-5-3-10-17(19)18-11-4-6-13-20(18)21/h3-14,17-20H,2H2,1H3. The molecule has 1 saturated heterocycles. The van der Waals surface area contributed by atoms with Crippen LogP contribution >= 0.6 is 0 Å². The highest BCUT2D eigenvalue weighted by atomic mass is 15.2. The Hall–Kier alpha value is -2.02. The summed E-state index contributed by atoms with van der Waals surface area (Å²) >= 11 is 0. The zero-order valence-electron chi connectivity index (χ0n) is 12.4. The molecule has 1 aromatic rings. The van der Waals surface area contributed by atoms with Gasteiger partial charge in [0.25, 0.3) is 0 Å². The van der Waals surface area contributed by atoms with Gasteiger partial charge in [-0.3, -0.25) is 0 Å². The topological polar surface area (TPSA) is 3.24 Å². The van der Waals surface area contributed by atoms with Crippen LogP contribution in [-0.2, 0) is 6.42 Å². The van der Waals surface area contributed by atoms with Gasteiger partial charge in [-0.25, -0.2) is 0 Å². The van der Waals surface area contributed by atoms with E-state index in [4.69, 9.17) is 0 Å². The van der Waals surface area contributed by atoms with Crippen molar-refractivity contribution in [3.05, 3.63) is 78.4 Å². The van der Waals surface area contributed by atoms with Crippen molar-refractivity contribution in [3.8, 4) is 0 Å². The SMILES string of the molecule is CCc1cccc(N2C3C=CC=CC3C3C=CC=CC32)c1. The molecule has 0 amide bonds. The lowest BCUT2D eigenvalue weighted by Gasteiger charge is -2.32. The van der Waals surface area contributed by atoms with Crippen LogP contribution in [0, 0.1) is 11.8 Å². The van der Waals surface area contributed by atoms with Gasteiger partial charge in [0.2, 0.25) is 0 Å². The average Bonchev–Trinajstić information content (AvgIpc) is 2.89. The fourth-order valence-electron chi connectivity index (χ4n) is 3.97. The minimum atomic E-state index is 0.476. The summed E-state index contributed by atoms with van der Waals surface area (Å²) in [6, 6.07) is 9.99. The van der Waals surface area contributed by atoms with E-state index in [1.54, 1.807) is 0 Å². The summed E-state index contributed by atoms with van der Waals surface area (Å²) in [5, 5.41) is 0. The van der Waals surface area contributed by atoms with E-state index in [1.165, 1.54) is 11.3 Å². The van der Waals surface area contributed by atoms with Crippen LogP contribution in [0.25, 0.3) is 0 Å². The summed E-state index contributed by atoms with van der Waals surface area (Å²) < 4.78 is 0. The van der Waals surface area contributed by atoms with Gasteiger partial charge in [-0.05, 0) is 24.1 Å². The third-order valence-electron chi connectivity index (χ3n) is 5.00. The normalized spacial score (nSPS) is 32.3. The Morgan fingerprint density at radius 2 is 1.48 bits per heavy atom. The molecule has 0 saturated carbocycles. The van der Waals surface area contributed by atoms with Crippen LogP contribution in [0.3, 0.4) is 0 Å². The van der Waals surface area contributed by atoms with Gasteiger partial charge in [-0.15, -0.1) is 0 Å². The van der Waals surface area contributed by atoms with Crippen molar-refractivity contribution >= 4 is 5.69 Å². The zero-order chi connectivity index (χ0) is 14.2. The Bertz CT molecular complexity index is 616. The number of nitrogens with zero attached hydrogens (tertiary/aromatic N) is 1. The maximum Gasteiger partial charge on any atom is 0.0551 e. The molecular weight excluding hydrogens is 254 g/mol. The molecule has 21 heavy (non-hydrogen) atoms. The van der Waals surface area contributed by atoms with E-state index in [2.05, 4.69) is 84.7 Å². The molecule has 4 unspecified atom stereocenters. The Balaban J connectivity index is 1.79. The second-order valence-electron chi connectivity index (χ2n) is 6.11. The lowest BCUT2D eigenvalue weighted by atomic mass is 9.83. The Morgan fingerprint density at radius 1 is 0.857 bits per heavy atom. The molecule has 0 spiro atoms. The van der Waals surface area contributed by atoms with Crippen LogP contribution in [0.1, 0.15) is 12.5 Å². The van der Waals surface area contributed by atoms with Gasteiger partial charge in [-0.2, -0.15) is 0 Å². The number of aryl methyl sites for hydroxylation is 1. The van der Waals surface area contributed by atoms with Crippen LogP contribution in [0.4, 0.5) is 5.69 Å². The third kappa shape index (κ3) is 1.99. The molecule has 4 rings (SSSR count).